The van der Waals surface area contributed by atoms with Gasteiger partial charge in [-0.05, 0) is 13.1 Å². The van der Waals surface area contributed by atoms with E-state index in [1.165, 1.54) is 6.07 Å². The van der Waals surface area contributed by atoms with Gasteiger partial charge in [-0.1, -0.05) is 18.2 Å². The Morgan fingerprint density at radius 2 is 2.21 bits per heavy atom. The molecule has 0 N–H and O–H groups in total. The molecular weight excluding hydrogens is 181 g/mol. The van der Waals surface area contributed by atoms with Crippen molar-refractivity contribution in [1.82, 2.24) is 4.90 Å². The minimum absolute atomic E-state index is 0.129. The molecule has 1 aromatic rings. The van der Waals surface area contributed by atoms with Gasteiger partial charge in [0.15, 0.2) is 0 Å². The molecule has 2 rings (SSSR count). The lowest BCUT2D eigenvalue weighted by atomic mass is 10.2. The third-order valence-electron chi connectivity index (χ3n) is 2.32. The van der Waals surface area contributed by atoms with E-state index in [-0.39, 0.29) is 5.82 Å². The van der Waals surface area contributed by atoms with Crippen molar-refractivity contribution in [2.45, 2.75) is 12.6 Å². The highest BCUT2D eigenvalue weighted by Crippen LogP contribution is 2.13. The van der Waals surface area contributed by atoms with Crippen LogP contribution in [0, 0.1) is 5.82 Å². The normalized spacial score (nSPS) is 20.1. The lowest BCUT2D eigenvalue weighted by Gasteiger charge is -2.15. The Morgan fingerprint density at radius 1 is 1.50 bits per heavy atom. The van der Waals surface area contributed by atoms with Gasteiger partial charge in [-0.2, -0.15) is 0 Å². The van der Waals surface area contributed by atoms with Crippen molar-refractivity contribution in [1.29, 1.82) is 0 Å². The maximum absolute atomic E-state index is 13.2. The molecule has 1 heterocycles. The van der Waals surface area contributed by atoms with Gasteiger partial charge in [0.25, 0.3) is 0 Å². The van der Waals surface area contributed by atoms with Gasteiger partial charge in [0.1, 0.15) is 5.82 Å². The molecule has 1 atom stereocenters. The molecule has 0 saturated carbocycles. The number of nitrogens with zero attached hydrogens (tertiary/aromatic N) is 1. The zero-order valence-electron chi connectivity index (χ0n) is 8.24. The van der Waals surface area contributed by atoms with Gasteiger partial charge in [-0.25, -0.2) is 4.39 Å². The van der Waals surface area contributed by atoms with Crippen molar-refractivity contribution < 1.29 is 9.13 Å². The van der Waals surface area contributed by atoms with Crippen LogP contribution in [-0.2, 0) is 11.3 Å². The lowest BCUT2D eigenvalue weighted by Crippen LogP contribution is -2.23. The average Bonchev–Trinajstić information content (AvgIpc) is 2.93. The molecule has 1 aromatic carbocycles. The number of hydrogen-bond acceptors (Lipinski definition) is 2. The topological polar surface area (TPSA) is 15.8 Å². The SMILES string of the molecule is CN(Cc1ccccc1F)CC1CO1. The van der Waals surface area contributed by atoms with Crippen molar-refractivity contribution in [3.8, 4) is 0 Å². The first-order chi connectivity index (χ1) is 6.75. The molecule has 1 aliphatic rings. The second kappa shape index (κ2) is 4.07. The number of ether oxygens (including phenoxy) is 1. The van der Waals surface area contributed by atoms with Crippen molar-refractivity contribution in [3.63, 3.8) is 0 Å². The van der Waals surface area contributed by atoms with Gasteiger partial charge >= 0.3 is 0 Å². The van der Waals surface area contributed by atoms with E-state index in [0.717, 1.165) is 18.7 Å². The second-order valence-electron chi connectivity index (χ2n) is 3.74. The summed E-state index contributed by atoms with van der Waals surface area (Å²) in [6.45, 7) is 2.38. The predicted molar refractivity (Wildman–Crippen MR) is 52.5 cm³/mol. The van der Waals surface area contributed by atoms with Gasteiger partial charge in [-0.15, -0.1) is 0 Å². The highest BCUT2D eigenvalue weighted by atomic mass is 19.1. The summed E-state index contributed by atoms with van der Waals surface area (Å²) in [6, 6.07) is 6.89. The predicted octanol–water partition coefficient (Wildman–Crippen LogP) is 1.66. The first kappa shape index (κ1) is 9.62. The minimum atomic E-state index is -0.129. The summed E-state index contributed by atoms with van der Waals surface area (Å²) in [4.78, 5) is 2.08. The van der Waals surface area contributed by atoms with Crippen LogP contribution in [0.1, 0.15) is 5.56 Å². The van der Waals surface area contributed by atoms with Crippen LogP contribution in [0.5, 0.6) is 0 Å². The molecule has 76 valence electrons. The zero-order valence-corrected chi connectivity index (χ0v) is 8.24. The standard InChI is InChI=1S/C11H14FNO/c1-13(7-10-8-14-10)6-9-4-2-3-5-11(9)12/h2-5,10H,6-8H2,1H3. The quantitative estimate of drug-likeness (QED) is 0.679. The van der Waals surface area contributed by atoms with Gasteiger partial charge in [0.2, 0.25) is 0 Å². The second-order valence-corrected chi connectivity index (χ2v) is 3.74. The van der Waals surface area contributed by atoms with E-state index in [1.54, 1.807) is 6.07 Å². The molecule has 2 nitrogen and oxygen atoms in total. The molecular formula is C11H14FNO. The maximum Gasteiger partial charge on any atom is 0.127 e. The summed E-state index contributed by atoms with van der Waals surface area (Å²) < 4.78 is 18.4. The molecule has 0 aliphatic carbocycles. The van der Waals surface area contributed by atoms with E-state index < -0.39 is 0 Å². The van der Waals surface area contributed by atoms with Crippen LogP contribution in [0.2, 0.25) is 0 Å². The molecule has 3 heteroatoms. The molecule has 1 fully saturated rings. The first-order valence-electron chi connectivity index (χ1n) is 4.79. The van der Waals surface area contributed by atoms with Gasteiger partial charge in [0, 0.05) is 18.7 Å². The van der Waals surface area contributed by atoms with Crippen LogP contribution >= 0.6 is 0 Å². The Labute approximate surface area is 83.3 Å². The number of epoxide rings is 1. The summed E-state index contributed by atoms with van der Waals surface area (Å²) >= 11 is 0. The molecule has 1 saturated heterocycles. The fourth-order valence-electron chi connectivity index (χ4n) is 1.50. The van der Waals surface area contributed by atoms with Gasteiger partial charge in [0.05, 0.1) is 12.7 Å². The Morgan fingerprint density at radius 3 is 2.86 bits per heavy atom. The van der Waals surface area contributed by atoms with Gasteiger partial charge < -0.3 is 4.74 Å². The monoisotopic (exact) mass is 195 g/mol. The van der Waals surface area contributed by atoms with Crippen molar-refractivity contribution in [3.05, 3.63) is 35.6 Å². The molecule has 1 unspecified atom stereocenters. The van der Waals surface area contributed by atoms with Gasteiger partial charge in [-0.3, -0.25) is 4.90 Å². The Kier molecular flexibility index (Phi) is 2.79. The van der Waals surface area contributed by atoms with Crippen molar-refractivity contribution in [2.24, 2.45) is 0 Å². The fourth-order valence-corrected chi connectivity index (χ4v) is 1.50. The zero-order chi connectivity index (χ0) is 9.97. The largest absolute Gasteiger partial charge is 0.372 e. The van der Waals surface area contributed by atoms with E-state index >= 15 is 0 Å². The van der Waals surface area contributed by atoms with Crippen LogP contribution in [0.4, 0.5) is 4.39 Å². The summed E-state index contributed by atoms with van der Waals surface area (Å²) in [5, 5.41) is 0. The maximum atomic E-state index is 13.2. The summed E-state index contributed by atoms with van der Waals surface area (Å²) in [5.41, 5.74) is 0.746. The van der Waals surface area contributed by atoms with Crippen LogP contribution in [0.15, 0.2) is 24.3 Å². The smallest absolute Gasteiger partial charge is 0.127 e. The molecule has 1 aliphatic heterocycles. The molecule has 14 heavy (non-hydrogen) atoms. The summed E-state index contributed by atoms with van der Waals surface area (Å²) in [6.07, 6.45) is 0.367. The first-order valence-corrected chi connectivity index (χ1v) is 4.79. The van der Waals surface area contributed by atoms with Crippen molar-refractivity contribution >= 4 is 0 Å². The molecule has 0 bridgehead atoms. The lowest BCUT2D eigenvalue weighted by molar-refractivity contribution is 0.275. The van der Waals surface area contributed by atoms with Crippen LogP contribution in [0.3, 0.4) is 0 Å². The third kappa shape index (κ3) is 2.53. The van der Waals surface area contributed by atoms with Crippen LogP contribution < -0.4 is 0 Å². The number of halogens is 1. The molecule has 0 aromatic heterocycles. The number of benzene rings is 1. The van der Waals surface area contributed by atoms with E-state index in [0.29, 0.717) is 12.6 Å². The Hall–Kier alpha value is -0.930. The molecule has 0 amide bonds. The van der Waals surface area contributed by atoms with Crippen LogP contribution in [0.25, 0.3) is 0 Å². The Bertz CT molecular complexity index is 312. The highest BCUT2D eigenvalue weighted by molar-refractivity contribution is 5.16. The van der Waals surface area contributed by atoms with Crippen molar-refractivity contribution in [2.75, 3.05) is 20.2 Å². The Balaban J connectivity index is 1.91. The number of likely N-dealkylation sites (N-methyl/N-ethyl adjacent to an activating group) is 1. The summed E-state index contributed by atoms with van der Waals surface area (Å²) in [5.74, 6) is -0.129. The molecule has 0 radical (unpaired) electrons. The number of rotatable bonds is 4. The minimum Gasteiger partial charge on any atom is -0.372 e. The van der Waals surface area contributed by atoms with E-state index in [2.05, 4.69) is 4.90 Å². The van der Waals surface area contributed by atoms with E-state index in [9.17, 15) is 4.39 Å². The summed E-state index contributed by atoms with van der Waals surface area (Å²) in [7, 11) is 1.98. The van der Waals surface area contributed by atoms with Crippen LogP contribution in [-0.4, -0.2) is 31.2 Å². The van der Waals surface area contributed by atoms with E-state index in [1.807, 2.05) is 19.2 Å². The fraction of sp³-hybridized carbons (Fsp3) is 0.455. The third-order valence-corrected chi connectivity index (χ3v) is 2.32. The molecule has 0 spiro atoms. The highest BCUT2D eigenvalue weighted by Gasteiger charge is 2.24. The number of hydrogen-bond donors (Lipinski definition) is 0. The average molecular weight is 195 g/mol. The van der Waals surface area contributed by atoms with E-state index in [4.69, 9.17) is 4.74 Å².